The lowest BCUT2D eigenvalue weighted by atomic mass is 10.2. The minimum absolute atomic E-state index is 0.0175. The number of hydrogen-bond acceptors (Lipinski definition) is 5. The fourth-order valence-corrected chi connectivity index (χ4v) is 3.37. The lowest BCUT2D eigenvalue weighted by Crippen LogP contribution is -2.03. The van der Waals surface area contributed by atoms with Crippen molar-refractivity contribution in [3.8, 4) is 17.1 Å². The van der Waals surface area contributed by atoms with Crippen LogP contribution < -0.4 is 4.74 Å². The lowest BCUT2D eigenvalue weighted by molar-refractivity contribution is 0.0551. The number of benzene rings is 2. The molecule has 0 bridgehead atoms. The van der Waals surface area contributed by atoms with Crippen molar-refractivity contribution < 1.29 is 18.0 Å². The molecule has 0 amide bonds. The second-order valence-electron chi connectivity index (χ2n) is 4.82. The summed E-state index contributed by atoms with van der Waals surface area (Å²) in [6.07, 6.45) is 0. The summed E-state index contributed by atoms with van der Waals surface area (Å²) in [4.78, 5) is 5.17. The first-order chi connectivity index (χ1) is 11.9. The maximum absolute atomic E-state index is 13.0. The number of hydrogen-bond donors (Lipinski definition) is 0. The van der Waals surface area contributed by atoms with Crippen LogP contribution >= 0.6 is 35.0 Å². The van der Waals surface area contributed by atoms with Gasteiger partial charge in [0.1, 0.15) is 5.75 Å². The molecule has 0 unspecified atom stereocenters. The van der Waals surface area contributed by atoms with Gasteiger partial charge in [-0.25, -0.2) is 0 Å². The Morgan fingerprint density at radius 2 is 1.96 bits per heavy atom. The van der Waals surface area contributed by atoms with Gasteiger partial charge < -0.3 is 9.26 Å². The molecule has 3 rings (SSSR count). The van der Waals surface area contributed by atoms with Crippen molar-refractivity contribution in [2.75, 3.05) is 7.11 Å². The summed E-state index contributed by atoms with van der Waals surface area (Å²) < 4.78 is 35.8. The highest BCUT2D eigenvalue weighted by Gasteiger charge is 2.35. The zero-order valence-electron chi connectivity index (χ0n) is 12.7. The lowest BCUT2D eigenvalue weighted by Gasteiger charge is -2.10. The normalized spacial score (nSPS) is 11.6. The van der Waals surface area contributed by atoms with Gasteiger partial charge in [0.15, 0.2) is 0 Å². The highest BCUT2D eigenvalue weighted by molar-refractivity contribution is 7.99. The summed E-state index contributed by atoms with van der Waals surface area (Å²) in [5, 5.41) is 0.376. The van der Waals surface area contributed by atoms with Crippen molar-refractivity contribution >= 4 is 35.0 Å². The van der Waals surface area contributed by atoms with E-state index in [9.17, 15) is 8.78 Å². The summed E-state index contributed by atoms with van der Waals surface area (Å²) >= 11 is 12.5. The van der Waals surface area contributed by atoms with Gasteiger partial charge in [-0.2, -0.15) is 13.8 Å². The molecule has 0 saturated heterocycles. The van der Waals surface area contributed by atoms with Gasteiger partial charge in [0.05, 0.1) is 17.0 Å². The van der Waals surface area contributed by atoms with Crippen molar-refractivity contribution in [1.29, 1.82) is 0 Å². The fraction of sp³-hybridized carbons (Fsp3) is 0.125. The molecule has 1 heterocycles. The molecule has 0 spiro atoms. The van der Waals surface area contributed by atoms with E-state index >= 15 is 0 Å². The van der Waals surface area contributed by atoms with Gasteiger partial charge in [0.2, 0.25) is 5.82 Å². The highest BCUT2D eigenvalue weighted by Crippen LogP contribution is 2.41. The van der Waals surface area contributed by atoms with Gasteiger partial charge in [-0.3, -0.25) is 0 Å². The Hall–Kier alpha value is -1.83. The molecule has 3 aromatic rings. The molecule has 0 atom stereocenters. The third-order valence-electron chi connectivity index (χ3n) is 3.13. The zero-order chi connectivity index (χ0) is 18.0. The fourth-order valence-electron chi connectivity index (χ4n) is 2.02. The number of aromatic nitrogens is 2. The Morgan fingerprint density at radius 1 is 1.20 bits per heavy atom. The average molecular weight is 403 g/mol. The maximum Gasteiger partial charge on any atom is 0.400 e. The Bertz CT molecular complexity index is 900. The molecule has 2 aromatic carbocycles. The van der Waals surface area contributed by atoms with Gasteiger partial charge in [-0.1, -0.05) is 46.7 Å². The minimum Gasteiger partial charge on any atom is -0.496 e. The van der Waals surface area contributed by atoms with E-state index in [1.807, 2.05) is 6.07 Å². The summed E-state index contributed by atoms with van der Waals surface area (Å²) in [6.45, 7) is 0. The molecule has 0 aliphatic heterocycles. The van der Waals surface area contributed by atoms with E-state index in [0.717, 1.165) is 9.79 Å². The van der Waals surface area contributed by atoms with E-state index in [0.29, 0.717) is 16.3 Å². The van der Waals surface area contributed by atoms with Crippen molar-refractivity contribution in [2.45, 2.75) is 15.2 Å². The van der Waals surface area contributed by atoms with Crippen molar-refractivity contribution in [3.05, 3.63) is 53.4 Å². The van der Waals surface area contributed by atoms with Crippen LogP contribution in [-0.2, 0) is 5.38 Å². The largest absolute Gasteiger partial charge is 0.496 e. The first-order valence-corrected chi connectivity index (χ1v) is 8.47. The van der Waals surface area contributed by atoms with E-state index in [2.05, 4.69) is 14.7 Å². The standard InChI is InChI=1S/C16H10Cl2F2N2O2S/c1-23-12-7-3-6-11(17)13(12)25-10-5-2-4-9(8-10)14-21-15(24-22-14)16(18,19)20/h2-8H,1H3. The van der Waals surface area contributed by atoms with Crippen LogP contribution in [-0.4, -0.2) is 17.3 Å². The Labute approximate surface area is 156 Å². The van der Waals surface area contributed by atoms with Gasteiger partial charge in [-0.15, -0.1) is 0 Å². The smallest absolute Gasteiger partial charge is 0.400 e. The first kappa shape index (κ1) is 18.0. The molecule has 4 nitrogen and oxygen atoms in total. The number of methoxy groups -OCH3 is 1. The van der Waals surface area contributed by atoms with Crippen LogP contribution in [0.25, 0.3) is 11.4 Å². The summed E-state index contributed by atoms with van der Waals surface area (Å²) in [5.41, 5.74) is 0.506. The summed E-state index contributed by atoms with van der Waals surface area (Å²) in [5.74, 6) is -0.301. The van der Waals surface area contributed by atoms with Gasteiger partial charge in [0.25, 0.3) is 0 Å². The molecule has 0 aliphatic rings. The third kappa shape index (κ3) is 4.05. The second kappa shape index (κ2) is 7.19. The molecule has 0 saturated carbocycles. The zero-order valence-corrected chi connectivity index (χ0v) is 15.0. The van der Waals surface area contributed by atoms with Crippen LogP contribution in [0.5, 0.6) is 5.75 Å². The van der Waals surface area contributed by atoms with Gasteiger partial charge in [0, 0.05) is 10.5 Å². The number of ether oxygens (including phenoxy) is 1. The predicted molar refractivity (Wildman–Crippen MR) is 91.6 cm³/mol. The van der Waals surface area contributed by atoms with Crippen molar-refractivity contribution in [1.82, 2.24) is 10.1 Å². The average Bonchev–Trinajstić information content (AvgIpc) is 3.07. The van der Waals surface area contributed by atoms with E-state index in [1.54, 1.807) is 43.5 Å². The van der Waals surface area contributed by atoms with E-state index in [1.165, 1.54) is 11.8 Å². The van der Waals surface area contributed by atoms with Crippen molar-refractivity contribution in [3.63, 3.8) is 0 Å². The molecule has 1 aromatic heterocycles. The van der Waals surface area contributed by atoms with Crippen molar-refractivity contribution in [2.24, 2.45) is 0 Å². The SMILES string of the molecule is COc1cccc(Cl)c1Sc1cccc(-c2noc(C(F)(F)Cl)n2)c1. The highest BCUT2D eigenvalue weighted by atomic mass is 35.5. The molecular formula is C16H10Cl2F2N2O2S. The van der Waals surface area contributed by atoms with Gasteiger partial charge >= 0.3 is 11.3 Å². The topological polar surface area (TPSA) is 48.2 Å². The molecule has 25 heavy (non-hydrogen) atoms. The van der Waals surface area contributed by atoms with Crippen LogP contribution in [0.4, 0.5) is 8.78 Å². The van der Waals surface area contributed by atoms with Crippen LogP contribution in [0.3, 0.4) is 0 Å². The first-order valence-electron chi connectivity index (χ1n) is 6.90. The third-order valence-corrected chi connectivity index (χ3v) is 4.83. The Kier molecular flexibility index (Phi) is 5.17. The van der Waals surface area contributed by atoms with Crippen LogP contribution in [0.15, 0.2) is 56.8 Å². The monoisotopic (exact) mass is 402 g/mol. The number of rotatable bonds is 5. The van der Waals surface area contributed by atoms with Crippen LogP contribution in [0.2, 0.25) is 5.02 Å². The van der Waals surface area contributed by atoms with E-state index < -0.39 is 11.3 Å². The summed E-state index contributed by atoms with van der Waals surface area (Å²) in [7, 11) is 1.55. The number of nitrogens with zero attached hydrogens (tertiary/aromatic N) is 2. The molecule has 0 N–H and O–H groups in total. The second-order valence-corrected chi connectivity index (χ2v) is 6.79. The maximum atomic E-state index is 13.0. The quantitative estimate of drug-likeness (QED) is 0.501. The summed E-state index contributed by atoms with van der Waals surface area (Å²) in [6, 6.07) is 12.3. The van der Waals surface area contributed by atoms with Gasteiger partial charge in [-0.05, 0) is 35.9 Å². The van der Waals surface area contributed by atoms with E-state index in [-0.39, 0.29) is 5.82 Å². The Balaban J connectivity index is 1.92. The Morgan fingerprint density at radius 3 is 2.64 bits per heavy atom. The molecular weight excluding hydrogens is 393 g/mol. The minimum atomic E-state index is -3.71. The molecule has 9 heteroatoms. The molecule has 0 aliphatic carbocycles. The molecule has 0 radical (unpaired) electrons. The number of halogens is 4. The number of alkyl halides is 3. The molecule has 130 valence electrons. The van der Waals surface area contributed by atoms with Crippen LogP contribution in [0.1, 0.15) is 5.89 Å². The van der Waals surface area contributed by atoms with Crippen LogP contribution in [0, 0.1) is 0 Å². The molecule has 0 fully saturated rings. The van der Waals surface area contributed by atoms with E-state index in [4.69, 9.17) is 27.9 Å². The predicted octanol–water partition coefficient (Wildman–Crippen LogP) is 5.84.